The smallest absolute Gasteiger partial charge is 0.207 e. The minimum Gasteiger partial charge on any atom is -0.380 e. The van der Waals surface area contributed by atoms with Crippen molar-refractivity contribution in [2.45, 2.75) is 32.4 Å². The van der Waals surface area contributed by atoms with E-state index >= 15 is 0 Å². The van der Waals surface area contributed by atoms with Gasteiger partial charge in [-0.2, -0.15) is 0 Å². The van der Waals surface area contributed by atoms with Gasteiger partial charge in [-0.25, -0.2) is 4.98 Å². The Morgan fingerprint density at radius 1 is 1.37 bits per heavy atom. The molecule has 3 rings (SSSR count). The summed E-state index contributed by atoms with van der Waals surface area (Å²) in [5.41, 5.74) is 3.32. The SMILES string of the molecule is COCc1ccccc1-n1cc(C)nc1NC1CC1. The van der Waals surface area contributed by atoms with E-state index in [-0.39, 0.29) is 0 Å². The van der Waals surface area contributed by atoms with Crippen LogP contribution >= 0.6 is 0 Å². The van der Waals surface area contributed by atoms with Crippen molar-refractivity contribution < 1.29 is 4.74 Å². The van der Waals surface area contributed by atoms with E-state index in [9.17, 15) is 0 Å². The molecular formula is C15H19N3O. The van der Waals surface area contributed by atoms with Crippen LogP contribution in [0.4, 0.5) is 5.95 Å². The molecule has 1 aliphatic rings. The van der Waals surface area contributed by atoms with Crippen molar-refractivity contribution in [2.24, 2.45) is 0 Å². The highest BCUT2D eigenvalue weighted by molar-refractivity contribution is 5.48. The van der Waals surface area contributed by atoms with E-state index in [0.29, 0.717) is 12.6 Å². The molecule has 4 nitrogen and oxygen atoms in total. The number of anilines is 1. The Hall–Kier alpha value is -1.81. The first-order valence-electron chi connectivity index (χ1n) is 6.67. The quantitative estimate of drug-likeness (QED) is 0.895. The molecule has 1 fully saturated rings. The van der Waals surface area contributed by atoms with Crippen molar-refractivity contribution in [3.05, 3.63) is 41.7 Å². The number of nitrogens with zero attached hydrogens (tertiary/aromatic N) is 2. The van der Waals surface area contributed by atoms with Crippen LogP contribution in [0.25, 0.3) is 5.69 Å². The fourth-order valence-corrected chi connectivity index (χ4v) is 2.22. The first kappa shape index (κ1) is 12.2. The maximum atomic E-state index is 5.28. The highest BCUT2D eigenvalue weighted by Gasteiger charge is 2.23. The van der Waals surface area contributed by atoms with E-state index in [1.165, 1.54) is 18.4 Å². The lowest BCUT2D eigenvalue weighted by Gasteiger charge is -2.13. The number of aromatic nitrogens is 2. The van der Waals surface area contributed by atoms with Gasteiger partial charge in [0, 0.05) is 24.9 Å². The summed E-state index contributed by atoms with van der Waals surface area (Å²) in [6, 6.07) is 8.87. The fourth-order valence-electron chi connectivity index (χ4n) is 2.22. The average molecular weight is 257 g/mol. The van der Waals surface area contributed by atoms with Crippen LogP contribution in [0.3, 0.4) is 0 Å². The zero-order chi connectivity index (χ0) is 13.2. The van der Waals surface area contributed by atoms with Gasteiger partial charge in [0.05, 0.1) is 18.0 Å². The molecule has 0 spiro atoms. The van der Waals surface area contributed by atoms with Gasteiger partial charge in [0.15, 0.2) is 0 Å². The number of rotatable bonds is 5. The topological polar surface area (TPSA) is 39.1 Å². The third-order valence-corrected chi connectivity index (χ3v) is 3.29. The Bertz CT molecular complexity index is 573. The Labute approximate surface area is 113 Å². The second-order valence-corrected chi connectivity index (χ2v) is 5.06. The molecule has 1 heterocycles. The van der Waals surface area contributed by atoms with Gasteiger partial charge >= 0.3 is 0 Å². The summed E-state index contributed by atoms with van der Waals surface area (Å²) in [4.78, 5) is 4.58. The Morgan fingerprint density at radius 3 is 2.89 bits per heavy atom. The van der Waals surface area contributed by atoms with Crippen molar-refractivity contribution in [3.8, 4) is 5.69 Å². The highest BCUT2D eigenvalue weighted by atomic mass is 16.5. The number of hydrogen-bond acceptors (Lipinski definition) is 3. The van der Waals surface area contributed by atoms with Crippen LogP contribution in [0.15, 0.2) is 30.5 Å². The minimum atomic E-state index is 0.593. The van der Waals surface area contributed by atoms with Crippen LogP contribution in [-0.2, 0) is 11.3 Å². The fraction of sp³-hybridized carbons (Fsp3) is 0.400. The molecule has 4 heteroatoms. The Kier molecular flexibility index (Phi) is 3.25. The van der Waals surface area contributed by atoms with Crippen LogP contribution in [0.1, 0.15) is 24.1 Å². The zero-order valence-corrected chi connectivity index (χ0v) is 11.4. The number of benzene rings is 1. The summed E-state index contributed by atoms with van der Waals surface area (Å²) in [5, 5.41) is 3.48. The van der Waals surface area contributed by atoms with E-state index in [1.54, 1.807) is 7.11 Å². The Balaban J connectivity index is 2.00. The van der Waals surface area contributed by atoms with Crippen molar-refractivity contribution in [1.29, 1.82) is 0 Å². The van der Waals surface area contributed by atoms with Crippen LogP contribution in [-0.4, -0.2) is 22.7 Å². The van der Waals surface area contributed by atoms with Gasteiger partial charge in [-0.1, -0.05) is 18.2 Å². The summed E-state index contributed by atoms with van der Waals surface area (Å²) in [7, 11) is 1.72. The molecule has 19 heavy (non-hydrogen) atoms. The number of hydrogen-bond donors (Lipinski definition) is 1. The van der Waals surface area contributed by atoms with Gasteiger partial charge in [-0.15, -0.1) is 0 Å². The van der Waals surface area contributed by atoms with E-state index < -0.39 is 0 Å². The number of imidazole rings is 1. The molecule has 1 N–H and O–H groups in total. The van der Waals surface area contributed by atoms with Crippen molar-refractivity contribution in [1.82, 2.24) is 9.55 Å². The van der Waals surface area contributed by atoms with Gasteiger partial charge in [0.1, 0.15) is 0 Å². The highest BCUT2D eigenvalue weighted by Crippen LogP contribution is 2.27. The minimum absolute atomic E-state index is 0.593. The van der Waals surface area contributed by atoms with Crippen molar-refractivity contribution in [3.63, 3.8) is 0 Å². The summed E-state index contributed by atoms with van der Waals surface area (Å²) >= 11 is 0. The van der Waals surface area contributed by atoms with Crippen LogP contribution in [0.2, 0.25) is 0 Å². The largest absolute Gasteiger partial charge is 0.380 e. The maximum absolute atomic E-state index is 5.28. The second kappa shape index (κ2) is 5.05. The van der Waals surface area contributed by atoms with Gasteiger partial charge in [-0.3, -0.25) is 4.57 Å². The number of ether oxygens (including phenoxy) is 1. The molecular weight excluding hydrogens is 238 g/mol. The van der Waals surface area contributed by atoms with Crippen LogP contribution in [0.5, 0.6) is 0 Å². The molecule has 1 aromatic carbocycles. The standard InChI is InChI=1S/C15H19N3O/c1-11-9-18(15(16-11)17-13-7-8-13)14-6-4-3-5-12(14)10-19-2/h3-6,9,13H,7-8,10H2,1-2H3,(H,16,17). The molecule has 0 bridgehead atoms. The van der Waals surface area contributed by atoms with E-state index in [0.717, 1.165) is 17.3 Å². The Morgan fingerprint density at radius 2 is 2.16 bits per heavy atom. The molecule has 0 saturated heterocycles. The molecule has 0 radical (unpaired) electrons. The van der Waals surface area contributed by atoms with Crippen LogP contribution < -0.4 is 5.32 Å². The molecule has 1 aliphatic carbocycles. The first-order chi connectivity index (χ1) is 9.28. The molecule has 0 atom stereocenters. The predicted molar refractivity (Wildman–Crippen MR) is 75.7 cm³/mol. The summed E-state index contributed by atoms with van der Waals surface area (Å²) < 4.78 is 7.40. The molecule has 0 unspecified atom stereocenters. The van der Waals surface area contributed by atoms with Gasteiger partial charge in [-0.05, 0) is 25.8 Å². The molecule has 1 aromatic heterocycles. The molecule has 1 saturated carbocycles. The lowest BCUT2D eigenvalue weighted by Crippen LogP contribution is -2.09. The number of para-hydroxylation sites is 1. The van der Waals surface area contributed by atoms with E-state index in [4.69, 9.17) is 4.74 Å². The van der Waals surface area contributed by atoms with Crippen molar-refractivity contribution >= 4 is 5.95 Å². The van der Waals surface area contributed by atoms with Gasteiger partial charge < -0.3 is 10.1 Å². The van der Waals surface area contributed by atoms with E-state index in [1.807, 2.05) is 19.1 Å². The average Bonchev–Trinajstić information content (AvgIpc) is 3.13. The summed E-state index contributed by atoms with van der Waals surface area (Å²) in [5.74, 6) is 0.934. The van der Waals surface area contributed by atoms with Crippen LogP contribution in [0, 0.1) is 6.92 Å². The molecule has 2 aromatic rings. The maximum Gasteiger partial charge on any atom is 0.207 e. The first-order valence-corrected chi connectivity index (χ1v) is 6.67. The molecule has 0 aliphatic heterocycles. The van der Waals surface area contributed by atoms with E-state index in [2.05, 4.69) is 33.2 Å². The lowest BCUT2D eigenvalue weighted by atomic mass is 10.2. The summed E-state index contributed by atoms with van der Waals surface area (Å²) in [6.45, 7) is 2.63. The van der Waals surface area contributed by atoms with Gasteiger partial charge in [0.2, 0.25) is 5.95 Å². The number of methoxy groups -OCH3 is 1. The number of nitrogens with one attached hydrogen (secondary N) is 1. The molecule has 0 amide bonds. The normalized spacial score (nSPS) is 14.6. The zero-order valence-electron chi connectivity index (χ0n) is 11.4. The summed E-state index contributed by atoms with van der Waals surface area (Å²) in [6.07, 6.45) is 4.55. The number of aryl methyl sites for hydroxylation is 1. The predicted octanol–water partition coefficient (Wildman–Crippen LogP) is 2.90. The monoisotopic (exact) mass is 257 g/mol. The third-order valence-electron chi connectivity index (χ3n) is 3.29. The van der Waals surface area contributed by atoms with Gasteiger partial charge in [0.25, 0.3) is 0 Å². The molecule has 100 valence electrons. The van der Waals surface area contributed by atoms with Crippen molar-refractivity contribution in [2.75, 3.05) is 12.4 Å². The third kappa shape index (κ3) is 2.63. The second-order valence-electron chi connectivity index (χ2n) is 5.06. The lowest BCUT2D eigenvalue weighted by molar-refractivity contribution is 0.185.